The number of fused-ring (bicyclic) bond motifs is 2. The van der Waals surface area contributed by atoms with Crippen molar-refractivity contribution in [2.45, 2.75) is 0 Å². The van der Waals surface area contributed by atoms with Crippen LogP contribution in [0.15, 0.2) is 121 Å². The number of hydrogen-bond donors (Lipinski definition) is 2. The molecule has 0 aliphatic rings. The van der Waals surface area contributed by atoms with E-state index in [1.165, 1.54) is 0 Å². The van der Waals surface area contributed by atoms with E-state index in [-0.39, 0.29) is 11.5 Å². The van der Waals surface area contributed by atoms with Crippen molar-refractivity contribution in [2.24, 2.45) is 0 Å². The van der Waals surface area contributed by atoms with Crippen molar-refractivity contribution in [2.75, 3.05) is 0 Å². The Morgan fingerprint density at radius 3 is 1.16 bits per heavy atom. The van der Waals surface area contributed by atoms with Crippen LogP contribution >= 0.6 is 18.6 Å². The molecule has 6 rings (SSSR count). The van der Waals surface area contributed by atoms with Crippen molar-refractivity contribution in [3.8, 4) is 44.9 Å². The molecule has 0 aromatic heterocycles. The predicted molar refractivity (Wildman–Crippen MR) is 153 cm³/mol. The summed E-state index contributed by atoms with van der Waals surface area (Å²) >= 11 is -0.556. The first-order chi connectivity index (χ1) is 18.1. The quantitative estimate of drug-likeness (QED) is 0.213. The van der Waals surface area contributed by atoms with E-state index in [1.54, 1.807) is 0 Å². The minimum absolute atomic E-state index is 0.163. The zero-order valence-electron chi connectivity index (χ0n) is 19.7. The summed E-state index contributed by atoms with van der Waals surface area (Å²) in [5, 5.41) is 27.2. The van der Waals surface area contributed by atoms with Gasteiger partial charge in [0.1, 0.15) is 11.5 Å². The van der Waals surface area contributed by atoms with Gasteiger partial charge in [-0.25, -0.2) is 0 Å². The Bertz CT molecular complexity index is 1560. The molecule has 6 aromatic rings. The molecule has 0 saturated heterocycles. The van der Waals surface area contributed by atoms with Gasteiger partial charge in [0.25, 0.3) is 0 Å². The van der Waals surface area contributed by atoms with Crippen molar-refractivity contribution >= 4 is 40.2 Å². The summed E-state index contributed by atoms with van der Waals surface area (Å²) in [6.45, 7) is 0. The van der Waals surface area contributed by atoms with Crippen molar-refractivity contribution in [1.29, 1.82) is 0 Å². The van der Waals surface area contributed by atoms with E-state index in [9.17, 15) is 10.2 Å². The minimum atomic E-state index is -0.556. The maximum atomic E-state index is 11.7. The third kappa shape index (κ3) is 4.99. The van der Waals surface area contributed by atoms with Gasteiger partial charge in [0.05, 0.1) is 0 Å². The Hall–Kier alpha value is -3.27. The molecule has 2 N–H and O–H groups in total. The molecule has 0 aliphatic heterocycles. The molecular weight excluding hydrogens is 535 g/mol. The maximum absolute atomic E-state index is 11.7. The van der Waals surface area contributed by atoms with Gasteiger partial charge in [-0.1, -0.05) is 109 Å². The fourth-order valence-electron chi connectivity index (χ4n) is 4.85. The summed E-state index contributed by atoms with van der Waals surface area (Å²) in [6.07, 6.45) is 0. The van der Waals surface area contributed by atoms with Gasteiger partial charge in [-0.15, -0.1) is 0 Å². The number of phenolic OH excluding ortho intramolecular Hbond substituents is 2. The standard InChI is InChI=1S/C32H22O2.2ClH.Ti/c33-31-27(21-11-3-1-4-12-21)19-23-15-7-9-17-25(23)29(31)30-26-18-10-8-16-24(26)20-28(32(30)34)22-13-5-2-6-14-22;;;/h1-20,33-34H;2*1H;/q;;;+2/p-2. The Morgan fingerprint density at radius 1 is 0.459 bits per heavy atom. The Labute approximate surface area is 232 Å². The van der Waals surface area contributed by atoms with Crippen LogP contribution in [0.5, 0.6) is 11.5 Å². The SMILES string of the molecule is Oc1c(-c2ccccc2)cc2ccccc2c1-c1c(O)c(-c2ccccc2)cc2ccccc12.[Cl][Ti][Cl]. The molecule has 2 nitrogen and oxygen atoms in total. The van der Waals surface area contributed by atoms with Crippen LogP contribution in [-0.2, 0) is 17.0 Å². The van der Waals surface area contributed by atoms with Crippen LogP contribution < -0.4 is 0 Å². The molecule has 0 fully saturated rings. The first-order valence-electron chi connectivity index (χ1n) is 11.7. The monoisotopic (exact) mass is 556 g/mol. The number of aromatic hydroxyl groups is 2. The Balaban J connectivity index is 0.000000892. The van der Waals surface area contributed by atoms with Gasteiger partial charge < -0.3 is 10.2 Å². The van der Waals surface area contributed by atoms with Crippen molar-refractivity contribution in [3.63, 3.8) is 0 Å². The molecule has 6 aromatic carbocycles. The predicted octanol–water partition coefficient (Wildman–Crippen LogP) is 9.78. The zero-order valence-corrected chi connectivity index (χ0v) is 22.8. The van der Waals surface area contributed by atoms with Crippen LogP contribution in [-0.4, -0.2) is 10.2 Å². The van der Waals surface area contributed by atoms with Gasteiger partial charge in [-0.3, -0.25) is 0 Å². The second kappa shape index (κ2) is 11.4. The third-order valence-electron chi connectivity index (χ3n) is 6.46. The molecule has 0 aliphatic carbocycles. The van der Waals surface area contributed by atoms with E-state index in [0.717, 1.165) is 43.8 Å². The van der Waals surface area contributed by atoms with Gasteiger partial charge in [0.2, 0.25) is 0 Å². The topological polar surface area (TPSA) is 40.5 Å². The van der Waals surface area contributed by atoms with E-state index in [1.807, 2.05) is 121 Å². The second-order valence-corrected chi connectivity index (χ2v) is 11.1. The molecule has 37 heavy (non-hydrogen) atoms. The molecule has 5 heteroatoms. The molecule has 0 amide bonds. The van der Waals surface area contributed by atoms with E-state index in [0.29, 0.717) is 11.1 Å². The summed E-state index contributed by atoms with van der Waals surface area (Å²) in [7, 11) is 9.78. The summed E-state index contributed by atoms with van der Waals surface area (Å²) < 4.78 is 0. The summed E-state index contributed by atoms with van der Waals surface area (Å²) in [5.41, 5.74) is 4.61. The normalized spacial score (nSPS) is 10.6. The van der Waals surface area contributed by atoms with Gasteiger partial charge in [0, 0.05) is 22.3 Å². The van der Waals surface area contributed by atoms with E-state index in [4.69, 9.17) is 18.6 Å². The van der Waals surface area contributed by atoms with Crippen LogP contribution in [0.2, 0.25) is 0 Å². The molecule has 0 saturated carbocycles. The van der Waals surface area contributed by atoms with Crippen LogP contribution in [0, 0.1) is 0 Å². The molecule has 0 radical (unpaired) electrons. The van der Waals surface area contributed by atoms with Gasteiger partial charge in [-0.05, 0) is 44.8 Å². The molecule has 0 bridgehead atoms. The second-order valence-electron chi connectivity index (χ2n) is 8.54. The number of benzene rings is 6. The van der Waals surface area contributed by atoms with Crippen molar-refractivity contribution in [1.82, 2.24) is 0 Å². The average Bonchev–Trinajstić information content (AvgIpc) is 2.94. The first kappa shape index (κ1) is 25.4. The van der Waals surface area contributed by atoms with E-state index >= 15 is 0 Å². The van der Waals surface area contributed by atoms with E-state index < -0.39 is 17.0 Å². The third-order valence-corrected chi connectivity index (χ3v) is 6.46. The van der Waals surface area contributed by atoms with Gasteiger partial charge in [-0.2, -0.15) is 0 Å². The Kier molecular flexibility index (Phi) is 7.83. The number of halogens is 2. The van der Waals surface area contributed by atoms with E-state index in [2.05, 4.69) is 0 Å². The fourth-order valence-corrected chi connectivity index (χ4v) is 4.85. The van der Waals surface area contributed by atoms with Crippen LogP contribution in [0.3, 0.4) is 0 Å². The molecule has 0 heterocycles. The van der Waals surface area contributed by atoms with Crippen LogP contribution in [0.1, 0.15) is 0 Å². The van der Waals surface area contributed by atoms with Crippen molar-refractivity contribution in [3.05, 3.63) is 121 Å². The summed E-state index contributed by atoms with van der Waals surface area (Å²) in [6, 6.07) is 39.8. The van der Waals surface area contributed by atoms with Gasteiger partial charge in [0.15, 0.2) is 0 Å². The molecule has 0 spiro atoms. The van der Waals surface area contributed by atoms with Crippen molar-refractivity contribution < 1.29 is 27.2 Å². The molecular formula is C32H22Cl2O2Ti. The molecule has 180 valence electrons. The number of hydrogen-bond acceptors (Lipinski definition) is 2. The Morgan fingerprint density at radius 2 is 0.784 bits per heavy atom. The molecule has 0 atom stereocenters. The van der Waals surface area contributed by atoms with Crippen LogP contribution in [0.25, 0.3) is 54.9 Å². The van der Waals surface area contributed by atoms with Crippen LogP contribution in [0.4, 0.5) is 0 Å². The molecule has 0 unspecified atom stereocenters. The van der Waals surface area contributed by atoms with Gasteiger partial charge >= 0.3 is 35.6 Å². The number of phenols is 2. The fraction of sp³-hybridized carbons (Fsp3) is 0. The number of rotatable bonds is 3. The summed E-state index contributed by atoms with van der Waals surface area (Å²) in [4.78, 5) is 0. The first-order valence-corrected chi connectivity index (χ1v) is 16.0. The average molecular weight is 557 g/mol. The summed E-state index contributed by atoms with van der Waals surface area (Å²) in [5.74, 6) is 0.325. The zero-order chi connectivity index (χ0) is 25.8.